The van der Waals surface area contributed by atoms with Gasteiger partial charge in [0.2, 0.25) is 5.91 Å². The van der Waals surface area contributed by atoms with Crippen LogP contribution in [0.5, 0.6) is 0 Å². The van der Waals surface area contributed by atoms with Crippen molar-refractivity contribution in [3.63, 3.8) is 0 Å². The maximum Gasteiger partial charge on any atom is 0.341 e. The molecule has 0 spiro atoms. The van der Waals surface area contributed by atoms with Crippen LogP contribution in [0.1, 0.15) is 32.8 Å². The lowest BCUT2D eigenvalue weighted by atomic mass is 10.1. The number of aryl methyl sites for hydroxylation is 1. The number of amides is 1. The quantitative estimate of drug-likeness (QED) is 0.651. The molecule has 0 saturated heterocycles. The number of ether oxygens (including phenoxy) is 1. The zero-order chi connectivity index (χ0) is 17.1. The van der Waals surface area contributed by atoms with Gasteiger partial charge in [0.15, 0.2) is 0 Å². The Morgan fingerprint density at radius 1 is 1.29 bits per heavy atom. The number of esters is 1. The van der Waals surface area contributed by atoms with E-state index in [1.165, 1.54) is 24.5 Å². The second kappa shape index (κ2) is 7.20. The summed E-state index contributed by atoms with van der Waals surface area (Å²) in [6, 6.07) is 7.27. The van der Waals surface area contributed by atoms with Gasteiger partial charge in [0.25, 0.3) is 0 Å². The molecule has 0 saturated carbocycles. The monoisotopic (exact) mass is 361 g/mol. The van der Waals surface area contributed by atoms with Gasteiger partial charge in [0.1, 0.15) is 5.00 Å². The van der Waals surface area contributed by atoms with E-state index in [0.29, 0.717) is 15.6 Å². The van der Waals surface area contributed by atoms with Crippen LogP contribution in [0, 0.1) is 0 Å². The zero-order valence-electron chi connectivity index (χ0n) is 13.1. The first kappa shape index (κ1) is 16.7. The highest BCUT2D eigenvalue weighted by Crippen LogP contribution is 2.39. The molecule has 0 radical (unpaired) electrons. The highest BCUT2D eigenvalue weighted by molar-refractivity contribution is 7.17. The van der Waals surface area contributed by atoms with E-state index in [1.807, 2.05) is 18.2 Å². The van der Waals surface area contributed by atoms with Gasteiger partial charge in [-0.15, -0.1) is 11.3 Å². The van der Waals surface area contributed by atoms with E-state index in [4.69, 9.17) is 16.3 Å². The molecule has 1 aromatic heterocycles. The van der Waals surface area contributed by atoms with E-state index in [9.17, 15) is 9.59 Å². The molecule has 1 heterocycles. The number of rotatable bonds is 4. The summed E-state index contributed by atoms with van der Waals surface area (Å²) in [4.78, 5) is 25.4. The molecule has 2 aromatic rings. The number of hydrogen-bond acceptors (Lipinski definition) is 4. The van der Waals surface area contributed by atoms with Crippen LogP contribution in [0.3, 0.4) is 0 Å². The number of fused-ring (bicyclic) bond motifs is 1. The summed E-state index contributed by atoms with van der Waals surface area (Å²) in [7, 11) is 1.35. The van der Waals surface area contributed by atoms with Crippen LogP contribution in [0.4, 0.5) is 5.00 Å². The third-order valence-electron chi connectivity index (χ3n) is 3.87. The van der Waals surface area contributed by atoms with Crippen molar-refractivity contribution in [2.45, 2.75) is 19.3 Å². The smallest absolute Gasteiger partial charge is 0.341 e. The van der Waals surface area contributed by atoms with Crippen molar-refractivity contribution < 1.29 is 14.3 Å². The topological polar surface area (TPSA) is 55.4 Å². The number of thiophene rings is 1. The fraction of sp³-hybridized carbons (Fsp3) is 0.222. The fourth-order valence-corrected chi connectivity index (χ4v) is 4.22. The molecule has 0 atom stereocenters. The molecule has 4 nitrogen and oxygen atoms in total. The lowest BCUT2D eigenvalue weighted by Crippen LogP contribution is -2.12. The van der Waals surface area contributed by atoms with Crippen molar-refractivity contribution in [1.29, 1.82) is 0 Å². The van der Waals surface area contributed by atoms with Crippen LogP contribution >= 0.6 is 22.9 Å². The Kier molecular flexibility index (Phi) is 5.02. The fourth-order valence-electron chi connectivity index (χ4n) is 2.74. The molecular formula is C18H16ClNO3S. The number of carbonyl (C=O) groups excluding carboxylic acids is 2. The minimum Gasteiger partial charge on any atom is -0.465 e. The SMILES string of the molecule is COC(=O)c1c(NC(=O)/C=C/c2ccccc2Cl)sc2c1CCC2. The van der Waals surface area contributed by atoms with Gasteiger partial charge in [-0.25, -0.2) is 4.79 Å². The molecule has 0 bridgehead atoms. The third-order valence-corrected chi connectivity index (χ3v) is 5.42. The highest BCUT2D eigenvalue weighted by Gasteiger charge is 2.27. The first-order chi connectivity index (χ1) is 11.6. The average molecular weight is 362 g/mol. The normalized spacial score (nSPS) is 13.1. The maximum atomic E-state index is 12.2. The number of carbonyl (C=O) groups is 2. The van der Waals surface area contributed by atoms with Crippen molar-refractivity contribution in [3.05, 3.63) is 56.9 Å². The largest absolute Gasteiger partial charge is 0.465 e. The van der Waals surface area contributed by atoms with Crippen LogP contribution in [0.2, 0.25) is 5.02 Å². The Morgan fingerprint density at radius 3 is 2.83 bits per heavy atom. The van der Waals surface area contributed by atoms with Crippen LogP contribution in [-0.2, 0) is 22.4 Å². The first-order valence-electron chi connectivity index (χ1n) is 7.56. The molecule has 0 unspecified atom stereocenters. The predicted octanol–water partition coefficient (Wildman–Crippen LogP) is 4.33. The van der Waals surface area contributed by atoms with Crippen LogP contribution < -0.4 is 5.32 Å². The van der Waals surface area contributed by atoms with E-state index >= 15 is 0 Å². The molecule has 1 N–H and O–H groups in total. The molecule has 1 aliphatic carbocycles. The summed E-state index contributed by atoms with van der Waals surface area (Å²) in [5.41, 5.74) is 2.27. The second-order valence-electron chi connectivity index (χ2n) is 5.40. The summed E-state index contributed by atoms with van der Waals surface area (Å²) in [5.74, 6) is -0.709. The van der Waals surface area contributed by atoms with Gasteiger partial charge in [0, 0.05) is 16.0 Å². The van der Waals surface area contributed by atoms with Gasteiger partial charge in [-0.3, -0.25) is 4.79 Å². The summed E-state index contributed by atoms with van der Waals surface area (Å²) < 4.78 is 4.87. The molecule has 1 aliphatic rings. The van der Waals surface area contributed by atoms with Gasteiger partial charge in [-0.1, -0.05) is 29.8 Å². The Hall–Kier alpha value is -2.11. The molecule has 1 aromatic carbocycles. The van der Waals surface area contributed by atoms with Crippen molar-refractivity contribution in [2.24, 2.45) is 0 Å². The van der Waals surface area contributed by atoms with E-state index in [0.717, 1.165) is 35.3 Å². The van der Waals surface area contributed by atoms with Crippen molar-refractivity contribution >= 4 is 45.9 Å². The lowest BCUT2D eigenvalue weighted by Gasteiger charge is -2.05. The number of benzene rings is 1. The Balaban J connectivity index is 1.80. The average Bonchev–Trinajstić information content (AvgIpc) is 3.14. The summed E-state index contributed by atoms with van der Waals surface area (Å²) in [6.45, 7) is 0. The molecule has 124 valence electrons. The summed E-state index contributed by atoms with van der Waals surface area (Å²) in [6.07, 6.45) is 5.88. The van der Waals surface area contributed by atoms with Crippen molar-refractivity contribution in [3.8, 4) is 0 Å². The van der Waals surface area contributed by atoms with E-state index in [2.05, 4.69) is 5.32 Å². The molecule has 0 aliphatic heterocycles. The number of methoxy groups -OCH3 is 1. The Morgan fingerprint density at radius 2 is 2.08 bits per heavy atom. The number of nitrogens with one attached hydrogen (secondary N) is 1. The van der Waals surface area contributed by atoms with Crippen LogP contribution in [0.25, 0.3) is 6.08 Å². The van der Waals surface area contributed by atoms with Crippen molar-refractivity contribution in [2.75, 3.05) is 12.4 Å². The minimum atomic E-state index is -0.403. The van der Waals surface area contributed by atoms with E-state index in [-0.39, 0.29) is 5.91 Å². The number of halogens is 1. The Labute approximate surface area is 149 Å². The maximum absolute atomic E-state index is 12.2. The lowest BCUT2D eigenvalue weighted by molar-refractivity contribution is -0.111. The molecule has 24 heavy (non-hydrogen) atoms. The third kappa shape index (κ3) is 3.37. The molecule has 3 rings (SSSR count). The van der Waals surface area contributed by atoms with Crippen LogP contribution in [0.15, 0.2) is 30.3 Å². The van der Waals surface area contributed by atoms with Gasteiger partial charge in [-0.05, 0) is 42.5 Å². The highest BCUT2D eigenvalue weighted by atomic mass is 35.5. The van der Waals surface area contributed by atoms with Gasteiger partial charge in [0.05, 0.1) is 12.7 Å². The summed E-state index contributed by atoms with van der Waals surface area (Å²) in [5, 5.41) is 3.93. The van der Waals surface area contributed by atoms with Gasteiger partial charge < -0.3 is 10.1 Å². The molecule has 1 amide bonds. The number of hydrogen-bond donors (Lipinski definition) is 1. The first-order valence-corrected chi connectivity index (χ1v) is 8.76. The van der Waals surface area contributed by atoms with E-state index in [1.54, 1.807) is 12.1 Å². The zero-order valence-corrected chi connectivity index (χ0v) is 14.7. The second-order valence-corrected chi connectivity index (χ2v) is 6.91. The molecule has 0 fully saturated rings. The predicted molar refractivity (Wildman–Crippen MR) is 96.8 cm³/mol. The van der Waals surface area contributed by atoms with Gasteiger partial charge >= 0.3 is 5.97 Å². The molecular weight excluding hydrogens is 346 g/mol. The Bertz CT molecular complexity index is 826. The van der Waals surface area contributed by atoms with E-state index < -0.39 is 5.97 Å². The standard InChI is InChI=1S/C18H16ClNO3S/c1-23-18(22)16-12-6-4-8-14(12)24-17(16)20-15(21)10-9-11-5-2-3-7-13(11)19/h2-3,5,7,9-10H,4,6,8H2,1H3,(H,20,21)/b10-9+. The van der Waals surface area contributed by atoms with Crippen molar-refractivity contribution in [1.82, 2.24) is 0 Å². The number of anilines is 1. The van der Waals surface area contributed by atoms with Crippen LogP contribution in [-0.4, -0.2) is 19.0 Å². The minimum absolute atomic E-state index is 0.306. The van der Waals surface area contributed by atoms with Gasteiger partial charge in [-0.2, -0.15) is 0 Å². The summed E-state index contributed by atoms with van der Waals surface area (Å²) >= 11 is 7.51. The molecule has 6 heteroatoms.